The maximum absolute atomic E-state index is 11.4. The highest BCUT2D eigenvalue weighted by molar-refractivity contribution is 6.30. The lowest BCUT2D eigenvalue weighted by molar-refractivity contribution is -0.255. The van der Waals surface area contributed by atoms with Crippen molar-refractivity contribution in [1.29, 1.82) is 0 Å². The van der Waals surface area contributed by atoms with Crippen molar-refractivity contribution < 1.29 is 9.90 Å². The second kappa shape index (κ2) is 4.39. The Hall–Kier alpha value is -2.14. The Bertz CT molecular complexity index is 619. The van der Waals surface area contributed by atoms with E-state index < -0.39 is 17.1 Å². The van der Waals surface area contributed by atoms with E-state index in [0.717, 1.165) is 6.20 Å². The lowest BCUT2D eigenvalue weighted by Gasteiger charge is -2.03. The normalized spacial score (nSPS) is 10.2. The van der Waals surface area contributed by atoms with Crippen molar-refractivity contribution in [2.75, 3.05) is 0 Å². The van der Waals surface area contributed by atoms with Crippen molar-refractivity contribution in [3.63, 3.8) is 0 Å². The van der Waals surface area contributed by atoms with Gasteiger partial charge in [0.15, 0.2) is 0 Å². The first-order valence-corrected chi connectivity index (χ1v) is 5.02. The van der Waals surface area contributed by atoms with Crippen molar-refractivity contribution in [2.45, 2.75) is 0 Å². The molecule has 0 fully saturated rings. The van der Waals surface area contributed by atoms with Gasteiger partial charge >= 0.3 is 0 Å². The molecule has 0 amide bonds. The molecule has 2 aromatic rings. The van der Waals surface area contributed by atoms with Crippen LogP contribution in [0.5, 0.6) is 0 Å². The third-order valence-corrected chi connectivity index (χ3v) is 2.39. The number of carboxylic acid groups (broad SMARTS) is 1. The minimum absolute atomic E-state index is 0.275. The van der Waals surface area contributed by atoms with Crippen molar-refractivity contribution in [1.82, 2.24) is 9.97 Å². The maximum Gasteiger partial charge on any atom is 0.260 e. The van der Waals surface area contributed by atoms with Crippen LogP contribution < -0.4 is 10.7 Å². The van der Waals surface area contributed by atoms with Crippen molar-refractivity contribution in [3.05, 3.63) is 51.4 Å². The fourth-order valence-corrected chi connectivity index (χ4v) is 1.42. The molecular weight excluding hydrogens is 244 g/mol. The lowest BCUT2D eigenvalue weighted by atomic mass is 10.2. The Labute approximate surface area is 101 Å². The van der Waals surface area contributed by atoms with Gasteiger partial charge < -0.3 is 14.9 Å². The molecule has 1 aromatic heterocycles. The quantitative estimate of drug-likeness (QED) is 0.837. The number of aromatic nitrogens is 2. The highest BCUT2D eigenvalue weighted by atomic mass is 35.5. The number of hydrogen-bond donors (Lipinski definition) is 1. The van der Waals surface area contributed by atoms with Gasteiger partial charge in [-0.05, 0) is 24.3 Å². The molecule has 0 aliphatic rings. The molecule has 0 atom stereocenters. The standard InChI is InChI=1S/C11H7ClN2O3/c12-7-3-1-6(2-4-7)9-13-5-8(11(16)17)10(15)14-9/h1-5H,(H,16,17)(H,13,14,15)/p-1. The van der Waals surface area contributed by atoms with Gasteiger partial charge in [0.1, 0.15) is 5.82 Å². The van der Waals surface area contributed by atoms with Crippen molar-refractivity contribution in [3.8, 4) is 11.4 Å². The number of aromatic amines is 1. The van der Waals surface area contributed by atoms with Gasteiger partial charge in [-0.25, -0.2) is 4.98 Å². The highest BCUT2D eigenvalue weighted by Crippen LogP contribution is 2.16. The number of halogens is 1. The monoisotopic (exact) mass is 249 g/mol. The molecule has 1 heterocycles. The second-order valence-electron chi connectivity index (χ2n) is 3.27. The summed E-state index contributed by atoms with van der Waals surface area (Å²) in [7, 11) is 0. The predicted molar refractivity (Wildman–Crippen MR) is 59.6 cm³/mol. The van der Waals surface area contributed by atoms with E-state index in [-0.39, 0.29) is 5.82 Å². The number of carboxylic acids is 1. The molecule has 86 valence electrons. The van der Waals surface area contributed by atoms with E-state index in [1.54, 1.807) is 24.3 Å². The number of aromatic carboxylic acids is 1. The number of benzene rings is 1. The van der Waals surface area contributed by atoms with E-state index >= 15 is 0 Å². The SMILES string of the molecule is O=C([O-])c1cnc(-c2ccc(Cl)cc2)[nH]c1=O. The number of H-pyrrole nitrogens is 1. The van der Waals surface area contributed by atoms with Crippen LogP contribution >= 0.6 is 11.6 Å². The smallest absolute Gasteiger partial charge is 0.260 e. The van der Waals surface area contributed by atoms with Crippen LogP contribution in [0, 0.1) is 0 Å². The Morgan fingerprint density at radius 1 is 1.29 bits per heavy atom. The minimum Gasteiger partial charge on any atom is -0.545 e. The lowest BCUT2D eigenvalue weighted by Crippen LogP contribution is -2.30. The summed E-state index contributed by atoms with van der Waals surface area (Å²) in [6.07, 6.45) is 0.970. The molecule has 0 saturated heterocycles. The van der Waals surface area contributed by atoms with Gasteiger partial charge in [0.2, 0.25) is 0 Å². The number of rotatable bonds is 2. The van der Waals surface area contributed by atoms with E-state index in [4.69, 9.17) is 11.6 Å². The fourth-order valence-electron chi connectivity index (χ4n) is 1.29. The molecule has 0 spiro atoms. The Morgan fingerprint density at radius 2 is 1.94 bits per heavy atom. The van der Waals surface area contributed by atoms with Crippen LogP contribution in [-0.4, -0.2) is 15.9 Å². The van der Waals surface area contributed by atoms with Crippen LogP contribution in [0.1, 0.15) is 10.4 Å². The van der Waals surface area contributed by atoms with Crippen LogP contribution in [0.15, 0.2) is 35.3 Å². The van der Waals surface area contributed by atoms with Gasteiger partial charge in [-0.2, -0.15) is 0 Å². The Morgan fingerprint density at radius 3 is 2.47 bits per heavy atom. The first-order chi connectivity index (χ1) is 8.08. The first-order valence-electron chi connectivity index (χ1n) is 4.64. The largest absolute Gasteiger partial charge is 0.545 e. The first kappa shape index (κ1) is 11.3. The van der Waals surface area contributed by atoms with E-state index in [1.807, 2.05) is 0 Å². The third kappa shape index (κ3) is 2.34. The Kier molecular flexibility index (Phi) is 2.93. The summed E-state index contributed by atoms with van der Waals surface area (Å²) in [5.41, 5.74) is -0.607. The zero-order valence-corrected chi connectivity index (χ0v) is 9.19. The molecule has 6 heteroatoms. The molecule has 0 bridgehead atoms. The summed E-state index contributed by atoms with van der Waals surface area (Å²) >= 11 is 5.72. The second-order valence-corrected chi connectivity index (χ2v) is 3.71. The minimum atomic E-state index is -1.55. The summed E-state index contributed by atoms with van der Waals surface area (Å²) in [5.74, 6) is -1.28. The molecule has 0 unspecified atom stereocenters. The molecule has 5 nitrogen and oxygen atoms in total. The topological polar surface area (TPSA) is 85.9 Å². The van der Waals surface area contributed by atoms with Gasteiger partial charge in [0.05, 0.1) is 11.5 Å². The predicted octanol–water partition coefficient (Wildman–Crippen LogP) is 0.454. The molecule has 0 aliphatic heterocycles. The zero-order valence-electron chi connectivity index (χ0n) is 8.44. The van der Waals surface area contributed by atoms with E-state index in [1.165, 1.54) is 0 Å². The molecule has 17 heavy (non-hydrogen) atoms. The van der Waals surface area contributed by atoms with Crippen molar-refractivity contribution >= 4 is 17.6 Å². The number of hydrogen-bond acceptors (Lipinski definition) is 4. The summed E-state index contributed by atoms with van der Waals surface area (Å²) in [4.78, 5) is 28.1. The van der Waals surface area contributed by atoms with E-state index in [2.05, 4.69) is 9.97 Å². The Balaban J connectivity index is 2.48. The van der Waals surface area contributed by atoms with Gasteiger partial charge in [0.25, 0.3) is 5.56 Å². The number of carbonyl (C=O) groups is 1. The van der Waals surface area contributed by atoms with Gasteiger partial charge in [-0.1, -0.05) is 11.6 Å². The van der Waals surface area contributed by atoms with Crippen LogP contribution in [0.3, 0.4) is 0 Å². The summed E-state index contributed by atoms with van der Waals surface area (Å²) in [6.45, 7) is 0. The molecule has 0 aliphatic carbocycles. The fraction of sp³-hybridized carbons (Fsp3) is 0. The molecule has 0 saturated carbocycles. The summed E-state index contributed by atoms with van der Waals surface area (Å²) < 4.78 is 0. The molecular formula is C11H6ClN2O3-. The van der Waals surface area contributed by atoms with Crippen LogP contribution in [0.25, 0.3) is 11.4 Å². The van der Waals surface area contributed by atoms with Crippen molar-refractivity contribution in [2.24, 2.45) is 0 Å². The molecule has 0 radical (unpaired) electrons. The van der Waals surface area contributed by atoms with Crippen LogP contribution in [-0.2, 0) is 0 Å². The van der Waals surface area contributed by atoms with E-state index in [9.17, 15) is 14.7 Å². The van der Waals surface area contributed by atoms with Crippen LogP contribution in [0.2, 0.25) is 5.02 Å². The zero-order chi connectivity index (χ0) is 12.4. The van der Waals surface area contributed by atoms with Gasteiger partial charge in [-0.3, -0.25) is 4.79 Å². The van der Waals surface area contributed by atoms with E-state index in [0.29, 0.717) is 10.6 Å². The number of carbonyl (C=O) groups excluding carboxylic acids is 1. The molecule has 1 aromatic carbocycles. The third-order valence-electron chi connectivity index (χ3n) is 2.14. The van der Waals surface area contributed by atoms with Gasteiger partial charge in [-0.15, -0.1) is 0 Å². The highest BCUT2D eigenvalue weighted by Gasteiger charge is 2.05. The average Bonchev–Trinajstić information content (AvgIpc) is 2.29. The maximum atomic E-state index is 11.4. The summed E-state index contributed by atoms with van der Waals surface area (Å²) in [6, 6.07) is 6.62. The number of nitrogens with one attached hydrogen (secondary N) is 1. The van der Waals surface area contributed by atoms with Crippen LogP contribution in [0.4, 0.5) is 0 Å². The number of nitrogens with zero attached hydrogens (tertiary/aromatic N) is 1. The van der Waals surface area contributed by atoms with Gasteiger partial charge in [0, 0.05) is 16.8 Å². The average molecular weight is 250 g/mol. The summed E-state index contributed by atoms with van der Waals surface area (Å²) in [5, 5.41) is 11.1. The molecule has 1 N–H and O–H groups in total. The molecule has 2 rings (SSSR count).